The van der Waals surface area contributed by atoms with E-state index in [1.807, 2.05) is 121 Å². The minimum absolute atomic E-state index is 0.197. The molecule has 4 rings (SSSR count). The topological polar surface area (TPSA) is 34.1 Å². The van der Waals surface area contributed by atoms with E-state index in [1.54, 1.807) is 24.3 Å². The van der Waals surface area contributed by atoms with Gasteiger partial charge in [0.2, 0.25) is 0 Å². The minimum Gasteiger partial charge on any atom is -0.294 e. The smallest absolute Gasteiger partial charge is 0.170 e. The second-order valence-corrected chi connectivity index (χ2v) is 8.62. The van der Waals surface area contributed by atoms with E-state index in [4.69, 9.17) is 0 Å². The molecule has 4 aromatic carbocycles. The third-order valence-corrected chi connectivity index (χ3v) is 6.09. The summed E-state index contributed by atoms with van der Waals surface area (Å²) in [6.07, 6.45) is 7.35. The molecular formula is C33H28O2. The number of rotatable bonds is 10. The van der Waals surface area contributed by atoms with Gasteiger partial charge in [0.25, 0.3) is 0 Å². The summed E-state index contributed by atoms with van der Waals surface area (Å²) in [5.41, 5.74) is 2.47. The number of hydrogen-bond donors (Lipinski definition) is 0. The van der Waals surface area contributed by atoms with Crippen LogP contribution in [0.1, 0.15) is 22.3 Å². The molecule has 0 fully saturated rings. The van der Waals surface area contributed by atoms with Gasteiger partial charge in [-0.25, -0.2) is 0 Å². The average molecular weight is 457 g/mol. The number of carbonyl (C=O) groups is 2. The van der Waals surface area contributed by atoms with E-state index in [-0.39, 0.29) is 11.6 Å². The first-order valence-electron chi connectivity index (χ1n) is 11.8. The normalized spacial score (nSPS) is 11.7. The molecule has 35 heavy (non-hydrogen) atoms. The Morgan fingerprint density at radius 2 is 0.800 bits per heavy atom. The minimum atomic E-state index is -1.26. The second kappa shape index (κ2) is 11.7. The number of allylic oxidation sites excluding steroid dienone is 2. The Labute approximate surface area is 207 Å². The molecule has 0 saturated heterocycles. The predicted molar refractivity (Wildman–Crippen MR) is 144 cm³/mol. The van der Waals surface area contributed by atoms with Gasteiger partial charge in [-0.1, -0.05) is 133 Å². The Hall–Kier alpha value is -4.30. The van der Waals surface area contributed by atoms with Gasteiger partial charge < -0.3 is 0 Å². The molecule has 172 valence electrons. The number of ketones is 2. The number of benzene rings is 4. The van der Waals surface area contributed by atoms with Crippen LogP contribution in [0.3, 0.4) is 0 Å². The maximum atomic E-state index is 14.0. The summed E-state index contributed by atoms with van der Waals surface area (Å²) in [5, 5.41) is 0. The standard InChI is InChI=1S/C33H28O2/c34-31(23-21-27-13-5-1-6-14-27)33(25-29-17-9-3-10-18-29,26-30-19-11-4-12-20-30)32(35)24-22-28-15-7-2-8-16-28/h1-24H,25-26H2/b23-21-,24-22+. The van der Waals surface area contributed by atoms with Crippen LogP contribution in [0.2, 0.25) is 0 Å². The monoisotopic (exact) mass is 456 g/mol. The van der Waals surface area contributed by atoms with E-state index in [0.717, 1.165) is 22.3 Å². The highest BCUT2D eigenvalue weighted by atomic mass is 16.2. The molecule has 4 aromatic rings. The lowest BCUT2D eigenvalue weighted by Gasteiger charge is -2.29. The molecule has 0 radical (unpaired) electrons. The fraction of sp³-hybridized carbons (Fsp3) is 0.0909. The molecule has 0 bridgehead atoms. The van der Waals surface area contributed by atoms with Gasteiger partial charge in [0.05, 0.1) is 0 Å². The average Bonchev–Trinajstić information content (AvgIpc) is 2.92. The largest absolute Gasteiger partial charge is 0.294 e. The highest BCUT2D eigenvalue weighted by molar-refractivity contribution is 6.17. The van der Waals surface area contributed by atoms with Crippen molar-refractivity contribution in [2.75, 3.05) is 0 Å². The highest BCUT2D eigenvalue weighted by Crippen LogP contribution is 2.32. The van der Waals surface area contributed by atoms with E-state index in [0.29, 0.717) is 12.8 Å². The third kappa shape index (κ3) is 6.39. The van der Waals surface area contributed by atoms with Gasteiger partial charge in [-0.2, -0.15) is 0 Å². The summed E-state index contributed by atoms with van der Waals surface area (Å²) in [6.45, 7) is 0. The molecule has 0 atom stereocenters. The Morgan fingerprint density at radius 3 is 1.14 bits per heavy atom. The molecule has 0 aliphatic heterocycles. The van der Waals surface area contributed by atoms with Crippen LogP contribution in [-0.4, -0.2) is 11.6 Å². The van der Waals surface area contributed by atoms with Crippen molar-refractivity contribution in [1.29, 1.82) is 0 Å². The molecular weight excluding hydrogens is 428 g/mol. The first kappa shape index (κ1) is 23.8. The first-order chi connectivity index (χ1) is 17.2. The van der Waals surface area contributed by atoms with Crippen LogP contribution >= 0.6 is 0 Å². The maximum absolute atomic E-state index is 14.0. The van der Waals surface area contributed by atoms with Gasteiger partial charge in [0.15, 0.2) is 11.6 Å². The zero-order valence-corrected chi connectivity index (χ0v) is 19.6. The lowest BCUT2D eigenvalue weighted by Crippen LogP contribution is -2.42. The zero-order valence-electron chi connectivity index (χ0n) is 19.6. The van der Waals surface area contributed by atoms with Gasteiger partial charge in [-0.3, -0.25) is 9.59 Å². The van der Waals surface area contributed by atoms with E-state index in [2.05, 4.69) is 0 Å². The van der Waals surface area contributed by atoms with Crippen molar-refractivity contribution >= 4 is 23.7 Å². The van der Waals surface area contributed by atoms with E-state index >= 15 is 0 Å². The van der Waals surface area contributed by atoms with Gasteiger partial charge in [0, 0.05) is 0 Å². The lowest BCUT2D eigenvalue weighted by molar-refractivity contribution is -0.135. The van der Waals surface area contributed by atoms with Crippen LogP contribution in [0.25, 0.3) is 12.2 Å². The molecule has 0 spiro atoms. The summed E-state index contributed by atoms with van der Waals surface area (Å²) < 4.78 is 0. The lowest BCUT2D eigenvalue weighted by atomic mass is 9.69. The summed E-state index contributed by atoms with van der Waals surface area (Å²) in [5.74, 6) is -0.395. The van der Waals surface area contributed by atoms with Gasteiger partial charge in [-0.05, 0) is 47.2 Å². The van der Waals surface area contributed by atoms with E-state index in [1.165, 1.54) is 0 Å². The first-order valence-corrected chi connectivity index (χ1v) is 11.8. The van der Waals surface area contributed by atoms with Crippen molar-refractivity contribution < 1.29 is 9.59 Å². The van der Waals surface area contributed by atoms with Crippen LogP contribution in [0, 0.1) is 5.41 Å². The number of hydrogen-bond acceptors (Lipinski definition) is 2. The fourth-order valence-corrected chi connectivity index (χ4v) is 4.21. The molecule has 0 aliphatic carbocycles. The Kier molecular flexibility index (Phi) is 7.98. The summed E-state index contributed by atoms with van der Waals surface area (Å²) in [7, 11) is 0. The Balaban J connectivity index is 1.78. The van der Waals surface area contributed by atoms with Gasteiger partial charge in [0.1, 0.15) is 5.41 Å². The van der Waals surface area contributed by atoms with E-state index < -0.39 is 5.41 Å². The molecule has 0 saturated carbocycles. The zero-order chi connectivity index (χ0) is 24.3. The van der Waals surface area contributed by atoms with Crippen LogP contribution in [0.5, 0.6) is 0 Å². The molecule has 2 heteroatoms. The molecule has 0 unspecified atom stereocenters. The third-order valence-electron chi connectivity index (χ3n) is 6.09. The highest BCUT2D eigenvalue weighted by Gasteiger charge is 2.43. The van der Waals surface area contributed by atoms with Crippen LogP contribution < -0.4 is 0 Å². The van der Waals surface area contributed by atoms with Gasteiger partial charge >= 0.3 is 0 Å². The van der Waals surface area contributed by atoms with Crippen LogP contribution in [0.4, 0.5) is 0 Å². The van der Waals surface area contributed by atoms with Crippen molar-refractivity contribution in [2.45, 2.75) is 12.8 Å². The van der Waals surface area contributed by atoms with Crippen molar-refractivity contribution in [1.82, 2.24) is 0 Å². The SMILES string of the molecule is O=C(/C=C\c1ccccc1)C(Cc1ccccc1)(Cc1ccccc1)C(=O)/C=C/c1ccccc1. The Morgan fingerprint density at radius 1 is 0.486 bits per heavy atom. The summed E-state index contributed by atoms with van der Waals surface area (Å²) in [4.78, 5) is 27.9. The summed E-state index contributed by atoms with van der Waals surface area (Å²) in [6, 6.07) is 38.9. The predicted octanol–water partition coefficient (Wildman–Crippen LogP) is 7.02. The van der Waals surface area contributed by atoms with Crippen molar-refractivity contribution in [3.8, 4) is 0 Å². The Bertz CT molecular complexity index is 1180. The quantitative estimate of drug-likeness (QED) is 0.190. The molecule has 0 amide bonds. The van der Waals surface area contributed by atoms with Crippen LogP contribution in [-0.2, 0) is 22.4 Å². The van der Waals surface area contributed by atoms with Gasteiger partial charge in [-0.15, -0.1) is 0 Å². The van der Waals surface area contributed by atoms with E-state index in [9.17, 15) is 9.59 Å². The second-order valence-electron chi connectivity index (χ2n) is 8.62. The molecule has 0 aliphatic rings. The maximum Gasteiger partial charge on any atom is 0.170 e. The van der Waals surface area contributed by atoms with Crippen molar-refractivity contribution in [3.63, 3.8) is 0 Å². The summed E-state index contributed by atoms with van der Waals surface area (Å²) >= 11 is 0. The fourth-order valence-electron chi connectivity index (χ4n) is 4.21. The molecule has 0 heterocycles. The van der Waals surface area contributed by atoms with Crippen molar-refractivity contribution in [2.24, 2.45) is 5.41 Å². The molecule has 0 N–H and O–H groups in total. The van der Waals surface area contributed by atoms with Crippen LogP contribution in [0.15, 0.2) is 133 Å². The molecule has 0 aromatic heterocycles. The molecule has 2 nitrogen and oxygen atoms in total. The van der Waals surface area contributed by atoms with Crippen molar-refractivity contribution in [3.05, 3.63) is 156 Å². The number of carbonyl (C=O) groups excluding carboxylic acids is 2.